The number of nitrogens with zero attached hydrogens (tertiary/aromatic N) is 2. The lowest BCUT2D eigenvalue weighted by atomic mass is 9.94. The Morgan fingerprint density at radius 3 is 1.73 bits per heavy atom. The molecule has 0 aliphatic carbocycles. The molecule has 1 atom stereocenters. The summed E-state index contributed by atoms with van der Waals surface area (Å²) in [5.74, 6) is 0. The molecule has 3 heterocycles. The lowest BCUT2D eigenvalue weighted by molar-refractivity contribution is 0.592. The van der Waals surface area contributed by atoms with Gasteiger partial charge in [-0.3, -0.25) is 0 Å². The highest BCUT2D eigenvalue weighted by molar-refractivity contribution is 7.85. The number of aromatic nitrogens is 2. The molecule has 10 aromatic rings. The number of hydrogen-bond acceptors (Lipinski definition) is 2. The smallest absolute Gasteiger partial charge is 0.172 e. The van der Waals surface area contributed by atoms with Gasteiger partial charge < -0.3 is 9.13 Å². The lowest BCUT2D eigenvalue weighted by Gasteiger charge is -2.23. The van der Waals surface area contributed by atoms with E-state index in [1.54, 1.807) is 0 Å². The van der Waals surface area contributed by atoms with Gasteiger partial charge in [0, 0.05) is 49.2 Å². The van der Waals surface area contributed by atoms with Crippen molar-refractivity contribution in [3.63, 3.8) is 0 Å². The van der Waals surface area contributed by atoms with Gasteiger partial charge in [-0.05, 0) is 70.6 Å². The summed E-state index contributed by atoms with van der Waals surface area (Å²) in [5, 5.41) is 3.64. The van der Waals surface area contributed by atoms with Gasteiger partial charge in [0.15, 0.2) is 7.14 Å². The number of pyridine rings is 1. The van der Waals surface area contributed by atoms with Crippen LogP contribution in [0, 0.1) is 6.92 Å². The molecular weight excluding hydrogens is 748 g/mol. The first-order valence-electron chi connectivity index (χ1n) is 20.4. The number of para-hydroxylation sites is 1. The largest absolute Gasteiger partial charge is 0.309 e. The highest BCUT2D eigenvalue weighted by atomic mass is 31.2. The Labute approximate surface area is 350 Å². The Morgan fingerprint density at radius 1 is 0.450 bits per heavy atom. The highest BCUT2D eigenvalue weighted by Gasteiger charge is 2.40. The molecule has 11 rings (SSSR count). The van der Waals surface area contributed by atoms with Crippen molar-refractivity contribution < 1.29 is 4.57 Å². The number of fused-ring (bicyclic) bond motifs is 7. The summed E-state index contributed by atoms with van der Waals surface area (Å²) < 4.78 is 18.9. The first-order valence-corrected chi connectivity index (χ1v) is 22.1. The van der Waals surface area contributed by atoms with Crippen LogP contribution < -0.4 is 15.9 Å². The van der Waals surface area contributed by atoms with Crippen LogP contribution in [0.15, 0.2) is 218 Å². The fraction of sp³-hybridized carbons (Fsp3) is 0.0179. The maximum atomic E-state index is 16.5. The zero-order chi connectivity index (χ0) is 40.2. The minimum absolute atomic E-state index is 0.824. The monoisotopic (exact) mass is 786 g/mol. The van der Waals surface area contributed by atoms with E-state index in [9.17, 15) is 0 Å². The highest BCUT2D eigenvalue weighted by Crippen LogP contribution is 2.54. The van der Waals surface area contributed by atoms with Crippen LogP contribution >= 0.6 is 7.14 Å². The minimum Gasteiger partial charge on any atom is -0.309 e. The van der Waals surface area contributed by atoms with E-state index in [2.05, 4.69) is 193 Å². The molecule has 0 saturated heterocycles. The average molecular weight is 787 g/mol. The van der Waals surface area contributed by atoms with Crippen molar-refractivity contribution >= 4 is 34.0 Å². The molecular formula is C56H39N2OP. The van der Waals surface area contributed by atoms with E-state index in [0.717, 1.165) is 99.7 Å². The summed E-state index contributed by atoms with van der Waals surface area (Å²) in [6, 6.07) is 76.0. The van der Waals surface area contributed by atoms with Crippen LogP contribution in [-0.4, -0.2) is 9.55 Å². The molecule has 4 heteroatoms. The normalized spacial score (nSPS) is 14.2. The van der Waals surface area contributed by atoms with Gasteiger partial charge in [-0.15, -0.1) is 0 Å². The van der Waals surface area contributed by atoms with Crippen LogP contribution in [0.2, 0.25) is 0 Å². The van der Waals surface area contributed by atoms with Gasteiger partial charge in [-0.1, -0.05) is 188 Å². The quantitative estimate of drug-likeness (QED) is 0.157. The summed E-state index contributed by atoms with van der Waals surface area (Å²) in [6.07, 6.45) is 0. The maximum absolute atomic E-state index is 16.5. The molecule has 0 saturated carbocycles. The number of rotatable bonds is 6. The van der Waals surface area contributed by atoms with Crippen LogP contribution in [0.25, 0.3) is 83.7 Å². The molecule has 0 spiro atoms. The Kier molecular flexibility index (Phi) is 8.65. The zero-order valence-corrected chi connectivity index (χ0v) is 33.9. The van der Waals surface area contributed by atoms with Gasteiger partial charge >= 0.3 is 0 Å². The van der Waals surface area contributed by atoms with Gasteiger partial charge in [-0.2, -0.15) is 0 Å². The van der Waals surface area contributed by atoms with Gasteiger partial charge in [0.2, 0.25) is 0 Å². The Bertz CT molecular complexity index is 3220. The maximum Gasteiger partial charge on any atom is 0.172 e. The Hall–Kier alpha value is -7.32. The molecule has 0 bridgehead atoms. The van der Waals surface area contributed by atoms with E-state index in [1.807, 2.05) is 36.4 Å². The Balaban J connectivity index is 1.12. The molecule has 284 valence electrons. The van der Waals surface area contributed by atoms with Crippen molar-refractivity contribution in [1.29, 1.82) is 0 Å². The third-order valence-corrected chi connectivity index (χ3v) is 15.2. The number of benzene rings is 8. The summed E-state index contributed by atoms with van der Waals surface area (Å²) >= 11 is 0. The van der Waals surface area contributed by atoms with E-state index in [-0.39, 0.29) is 0 Å². The molecule has 1 aliphatic heterocycles. The fourth-order valence-electron chi connectivity index (χ4n) is 9.20. The topological polar surface area (TPSA) is 34.9 Å². The molecule has 0 N–H and O–H groups in total. The Morgan fingerprint density at radius 2 is 1.02 bits per heavy atom. The molecule has 0 amide bonds. The molecule has 3 nitrogen and oxygen atoms in total. The third kappa shape index (κ3) is 5.74. The molecule has 8 aromatic carbocycles. The van der Waals surface area contributed by atoms with E-state index in [0.29, 0.717) is 0 Å². The van der Waals surface area contributed by atoms with E-state index in [4.69, 9.17) is 4.98 Å². The van der Waals surface area contributed by atoms with Gasteiger partial charge in [-0.25, -0.2) is 4.98 Å². The van der Waals surface area contributed by atoms with Crippen LogP contribution in [0.5, 0.6) is 0 Å². The van der Waals surface area contributed by atoms with E-state index < -0.39 is 7.14 Å². The SMILES string of the molecule is Cc1c(-c2ccccc2)cc(-c2ccc(-n3c4c(c5ccccc53)-c3ccccc3P(=O)(c3cccc(-c5ccccc5)c3)c3ccccc3-4)cc2)nc1-c1ccccc1. The van der Waals surface area contributed by atoms with Crippen LogP contribution in [0.4, 0.5) is 0 Å². The molecule has 1 unspecified atom stereocenters. The van der Waals surface area contributed by atoms with E-state index in [1.165, 1.54) is 5.56 Å². The summed E-state index contributed by atoms with van der Waals surface area (Å²) in [5.41, 5.74) is 15.8. The summed E-state index contributed by atoms with van der Waals surface area (Å²) in [4.78, 5) is 5.31. The molecule has 0 radical (unpaired) electrons. The van der Waals surface area contributed by atoms with Crippen molar-refractivity contribution in [3.8, 4) is 72.8 Å². The zero-order valence-electron chi connectivity index (χ0n) is 33.0. The van der Waals surface area contributed by atoms with Crippen LogP contribution in [-0.2, 0) is 4.57 Å². The van der Waals surface area contributed by atoms with Crippen molar-refractivity contribution in [1.82, 2.24) is 9.55 Å². The second-order valence-electron chi connectivity index (χ2n) is 15.4. The van der Waals surface area contributed by atoms with Crippen molar-refractivity contribution in [3.05, 3.63) is 224 Å². The third-order valence-electron chi connectivity index (χ3n) is 12.0. The molecule has 60 heavy (non-hydrogen) atoms. The molecule has 2 aromatic heterocycles. The summed E-state index contributed by atoms with van der Waals surface area (Å²) in [7, 11) is -3.41. The minimum atomic E-state index is -3.41. The second kappa shape index (κ2) is 14.5. The first kappa shape index (κ1) is 35.8. The number of hydrogen-bond donors (Lipinski definition) is 0. The fourth-order valence-corrected chi connectivity index (χ4v) is 12.3. The summed E-state index contributed by atoms with van der Waals surface area (Å²) in [6.45, 7) is 2.17. The first-order chi connectivity index (χ1) is 29.6. The van der Waals surface area contributed by atoms with Crippen LogP contribution in [0.1, 0.15) is 5.56 Å². The second-order valence-corrected chi connectivity index (χ2v) is 18.1. The predicted octanol–water partition coefficient (Wildman–Crippen LogP) is 13.3. The molecule has 0 fully saturated rings. The van der Waals surface area contributed by atoms with Crippen molar-refractivity contribution in [2.24, 2.45) is 0 Å². The van der Waals surface area contributed by atoms with E-state index >= 15 is 4.57 Å². The standard InChI is InChI=1S/C56H39N2OP/c1-38-49(40-20-7-3-8-21-40)37-50(57-55(38)42-22-9-4-10-23-42)41-32-34-44(35-33-41)58-51-29-14-11-26-46(51)54-47-27-12-15-30-52(47)60(59,53-31-16-13-28-48(53)56(54)58)45-25-17-24-43(36-45)39-18-5-2-6-19-39/h2-37H,1H3. The van der Waals surface area contributed by atoms with Crippen molar-refractivity contribution in [2.45, 2.75) is 6.92 Å². The van der Waals surface area contributed by atoms with Gasteiger partial charge in [0.05, 0.1) is 22.6 Å². The lowest BCUT2D eigenvalue weighted by Crippen LogP contribution is -2.26. The van der Waals surface area contributed by atoms with Crippen LogP contribution in [0.3, 0.4) is 0 Å². The predicted molar refractivity (Wildman–Crippen MR) is 251 cm³/mol. The average Bonchev–Trinajstić information content (AvgIpc) is 3.63. The van der Waals surface area contributed by atoms with Gasteiger partial charge in [0.25, 0.3) is 0 Å². The van der Waals surface area contributed by atoms with Crippen molar-refractivity contribution in [2.75, 3.05) is 0 Å². The van der Waals surface area contributed by atoms with Gasteiger partial charge in [0.1, 0.15) is 0 Å². The molecule has 1 aliphatic rings.